The Hall–Kier alpha value is -1.70. The summed E-state index contributed by atoms with van der Waals surface area (Å²) >= 11 is 0. The first kappa shape index (κ1) is 7.92. The normalized spacial score (nSPS) is 10.2. The Morgan fingerprint density at radius 2 is 1.85 bits per heavy atom. The molecule has 0 aliphatic rings. The molecule has 0 atom stereocenters. The van der Waals surface area contributed by atoms with Crippen molar-refractivity contribution >= 4 is 17.1 Å². The summed E-state index contributed by atoms with van der Waals surface area (Å²) in [5.41, 5.74) is 0.0121. The van der Waals surface area contributed by atoms with Gasteiger partial charge in [-0.25, -0.2) is 4.39 Å². The molecule has 2 heteroatoms. The van der Waals surface area contributed by atoms with Crippen LogP contribution in [0.3, 0.4) is 0 Å². The van der Waals surface area contributed by atoms with E-state index in [2.05, 4.69) is 0 Å². The lowest BCUT2D eigenvalue weighted by molar-refractivity contribution is 0.557. The number of hydrogen-bond acceptors (Lipinski definition) is 1. The Labute approximate surface area is 74.8 Å². The Balaban J connectivity index is 2.91. The second kappa shape index (κ2) is 2.98. The third-order valence-corrected chi connectivity index (χ3v) is 1.98. The topological polar surface area (TPSA) is 17.1 Å². The summed E-state index contributed by atoms with van der Waals surface area (Å²) in [4.78, 5) is 10.5. The van der Waals surface area contributed by atoms with Crippen molar-refractivity contribution in [3.05, 3.63) is 47.8 Å². The van der Waals surface area contributed by atoms with Gasteiger partial charge in [-0.3, -0.25) is 4.79 Å². The summed E-state index contributed by atoms with van der Waals surface area (Å²) < 4.78 is 13.1. The third-order valence-electron chi connectivity index (χ3n) is 1.98. The second-order valence-corrected chi connectivity index (χ2v) is 2.75. The Morgan fingerprint density at radius 1 is 1.08 bits per heavy atom. The van der Waals surface area contributed by atoms with Gasteiger partial charge in [0.25, 0.3) is 0 Å². The van der Waals surface area contributed by atoms with Gasteiger partial charge in [0.05, 0.1) is 5.56 Å². The minimum Gasteiger partial charge on any atom is -0.285 e. The minimum absolute atomic E-state index is 0.0121. The van der Waals surface area contributed by atoms with Crippen LogP contribution >= 0.6 is 0 Å². The van der Waals surface area contributed by atoms with Crippen LogP contribution in [0.1, 0.15) is 5.56 Å². The average molecular weight is 173 g/mol. The summed E-state index contributed by atoms with van der Waals surface area (Å²) in [6.45, 7) is 0. The molecule has 0 amide bonds. The third kappa shape index (κ3) is 1.20. The van der Waals surface area contributed by atoms with Gasteiger partial charge in [-0.05, 0) is 16.8 Å². The lowest BCUT2D eigenvalue weighted by Gasteiger charge is -2.00. The van der Waals surface area contributed by atoms with E-state index in [0.717, 1.165) is 5.39 Å². The van der Waals surface area contributed by atoms with Crippen molar-refractivity contribution in [1.82, 2.24) is 0 Å². The summed E-state index contributed by atoms with van der Waals surface area (Å²) in [5, 5.41) is 1.46. The maximum absolute atomic E-state index is 13.1. The van der Waals surface area contributed by atoms with Crippen LogP contribution in [0, 0.1) is 5.82 Å². The van der Waals surface area contributed by atoms with Crippen molar-refractivity contribution in [2.75, 3.05) is 0 Å². The maximum atomic E-state index is 13.1. The number of carbonyl (C=O) groups excluding carboxylic acids is 1. The molecule has 0 saturated heterocycles. The van der Waals surface area contributed by atoms with Gasteiger partial charge < -0.3 is 0 Å². The molecule has 1 radical (unpaired) electrons. The lowest BCUT2D eigenvalue weighted by atomic mass is 10.1. The molecule has 0 unspecified atom stereocenters. The van der Waals surface area contributed by atoms with Crippen LogP contribution in [-0.4, -0.2) is 6.29 Å². The molecule has 0 heterocycles. The number of hydrogen-bond donors (Lipinski definition) is 0. The molecule has 0 fully saturated rings. The monoisotopic (exact) mass is 173 g/mol. The fourth-order valence-electron chi connectivity index (χ4n) is 1.35. The summed E-state index contributed by atoms with van der Waals surface area (Å²) in [7, 11) is 0. The summed E-state index contributed by atoms with van der Waals surface area (Å²) in [6, 6.07) is 10.1. The molecule has 2 rings (SSSR count). The van der Waals surface area contributed by atoms with E-state index in [9.17, 15) is 9.18 Å². The van der Waals surface area contributed by atoms with Crippen LogP contribution in [0.25, 0.3) is 10.8 Å². The Bertz CT molecular complexity index is 463. The maximum Gasteiger partial charge on any atom is 0.237 e. The molecule has 2 aromatic rings. The van der Waals surface area contributed by atoms with E-state index in [-0.39, 0.29) is 5.56 Å². The molecule has 0 spiro atoms. The van der Waals surface area contributed by atoms with Gasteiger partial charge >= 0.3 is 0 Å². The molecule has 0 aliphatic carbocycles. The predicted molar refractivity (Wildman–Crippen MR) is 48.7 cm³/mol. The molecule has 0 aliphatic heterocycles. The SMILES string of the molecule is O=[C]c1c(F)ccc2ccccc12. The molecule has 13 heavy (non-hydrogen) atoms. The lowest BCUT2D eigenvalue weighted by Crippen LogP contribution is -1.89. The van der Waals surface area contributed by atoms with E-state index < -0.39 is 5.82 Å². The predicted octanol–water partition coefficient (Wildman–Crippen LogP) is 2.44. The van der Waals surface area contributed by atoms with Gasteiger partial charge in [-0.2, -0.15) is 0 Å². The highest BCUT2D eigenvalue weighted by Gasteiger charge is 2.05. The van der Waals surface area contributed by atoms with Crippen molar-refractivity contribution in [2.24, 2.45) is 0 Å². The van der Waals surface area contributed by atoms with Crippen molar-refractivity contribution in [1.29, 1.82) is 0 Å². The van der Waals surface area contributed by atoms with Crippen molar-refractivity contribution in [2.45, 2.75) is 0 Å². The van der Waals surface area contributed by atoms with Gasteiger partial charge in [-0.1, -0.05) is 30.3 Å². The number of halogens is 1. The molecule has 63 valence electrons. The number of benzene rings is 2. The van der Waals surface area contributed by atoms with Crippen LogP contribution in [0.15, 0.2) is 36.4 Å². The van der Waals surface area contributed by atoms with Crippen molar-refractivity contribution in [3.8, 4) is 0 Å². The van der Waals surface area contributed by atoms with Gasteiger partial charge in [0.2, 0.25) is 6.29 Å². The molecule has 0 bridgehead atoms. The quantitative estimate of drug-likeness (QED) is 0.647. The van der Waals surface area contributed by atoms with Crippen molar-refractivity contribution < 1.29 is 9.18 Å². The largest absolute Gasteiger partial charge is 0.285 e. The van der Waals surface area contributed by atoms with Crippen LogP contribution in [-0.2, 0) is 4.79 Å². The van der Waals surface area contributed by atoms with Crippen LogP contribution in [0.2, 0.25) is 0 Å². The zero-order valence-corrected chi connectivity index (χ0v) is 6.75. The van der Waals surface area contributed by atoms with Gasteiger partial charge in [0, 0.05) is 0 Å². The summed E-state index contributed by atoms with van der Waals surface area (Å²) in [5.74, 6) is -0.520. The van der Waals surface area contributed by atoms with E-state index in [1.807, 2.05) is 12.1 Å². The average Bonchev–Trinajstić information content (AvgIpc) is 2.18. The zero-order valence-electron chi connectivity index (χ0n) is 6.75. The Morgan fingerprint density at radius 3 is 2.62 bits per heavy atom. The first-order valence-corrected chi connectivity index (χ1v) is 3.88. The second-order valence-electron chi connectivity index (χ2n) is 2.75. The molecule has 0 saturated carbocycles. The van der Waals surface area contributed by atoms with Crippen molar-refractivity contribution in [3.63, 3.8) is 0 Å². The molecular weight excluding hydrogens is 167 g/mol. The first-order valence-electron chi connectivity index (χ1n) is 3.88. The van der Waals surface area contributed by atoms with Gasteiger partial charge in [0.15, 0.2) is 0 Å². The highest BCUT2D eigenvalue weighted by molar-refractivity contribution is 5.98. The van der Waals surface area contributed by atoms with E-state index >= 15 is 0 Å². The fraction of sp³-hybridized carbons (Fsp3) is 0. The van der Waals surface area contributed by atoms with Crippen LogP contribution in [0.4, 0.5) is 4.39 Å². The smallest absolute Gasteiger partial charge is 0.237 e. The van der Waals surface area contributed by atoms with E-state index in [1.54, 1.807) is 24.5 Å². The highest BCUT2D eigenvalue weighted by atomic mass is 19.1. The minimum atomic E-state index is -0.520. The Kier molecular flexibility index (Phi) is 1.81. The number of rotatable bonds is 1. The zero-order chi connectivity index (χ0) is 9.26. The molecule has 0 aromatic heterocycles. The number of fused-ring (bicyclic) bond motifs is 1. The fourth-order valence-corrected chi connectivity index (χ4v) is 1.35. The van der Waals surface area contributed by atoms with E-state index in [4.69, 9.17) is 0 Å². The standard InChI is InChI=1S/C11H6FO/c12-11-6-5-8-3-1-2-4-9(8)10(11)7-13/h1-6H. The molecule has 1 nitrogen and oxygen atoms in total. The van der Waals surface area contributed by atoms with E-state index in [0.29, 0.717) is 5.39 Å². The van der Waals surface area contributed by atoms with E-state index in [1.165, 1.54) is 6.07 Å². The molecule has 2 aromatic carbocycles. The first-order chi connectivity index (χ1) is 6.33. The summed E-state index contributed by atoms with van der Waals surface area (Å²) in [6.07, 6.45) is 1.61. The van der Waals surface area contributed by atoms with Gasteiger partial charge in [-0.15, -0.1) is 0 Å². The highest BCUT2D eigenvalue weighted by Crippen LogP contribution is 2.19. The molecular formula is C11H6FO. The van der Waals surface area contributed by atoms with Gasteiger partial charge in [0.1, 0.15) is 5.82 Å². The van der Waals surface area contributed by atoms with Crippen LogP contribution < -0.4 is 0 Å². The molecule has 0 N–H and O–H groups in total. The van der Waals surface area contributed by atoms with Crippen LogP contribution in [0.5, 0.6) is 0 Å².